The first kappa shape index (κ1) is 24.0. The normalized spacial score (nSPS) is 15.7. The van der Waals surface area contributed by atoms with Crippen LogP contribution in [0.25, 0.3) is 6.08 Å². The van der Waals surface area contributed by atoms with Gasteiger partial charge in [-0.1, -0.05) is 23.2 Å². The van der Waals surface area contributed by atoms with Crippen LogP contribution in [0.4, 0.5) is 18.0 Å². The Kier molecular flexibility index (Phi) is 8.11. The molecule has 10 nitrogen and oxygen atoms in total. The molecule has 0 amide bonds. The van der Waals surface area contributed by atoms with Gasteiger partial charge in [-0.25, -0.2) is 14.4 Å². The zero-order valence-electron chi connectivity index (χ0n) is 14.5. The van der Waals surface area contributed by atoms with Crippen LogP contribution >= 0.6 is 23.2 Å². The molecule has 1 aliphatic heterocycles. The molecule has 1 aromatic rings. The third-order valence-corrected chi connectivity index (χ3v) is 3.78. The zero-order valence-corrected chi connectivity index (χ0v) is 16.0. The van der Waals surface area contributed by atoms with E-state index in [-0.39, 0.29) is 21.4 Å². The lowest BCUT2D eigenvalue weighted by molar-refractivity contribution is -0.493. The molecule has 30 heavy (non-hydrogen) atoms. The number of alkyl halides is 3. The topological polar surface area (TPSA) is 124 Å². The van der Waals surface area contributed by atoms with Gasteiger partial charge in [0.1, 0.15) is 19.0 Å². The van der Waals surface area contributed by atoms with Crippen molar-refractivity contribution in [1.29, 1.82) is 0 Å². The minimum Gasteiger partial charge on any atom is -0.474 e. The molecule has 2 rings (SSSR count). The van der Waals surface area contributed by atoms with E-state index in [0.29, 0.717) is 0 Å². The van der Waals surface area contributed by atoms with Crippen LogP contribution in [-0.2, 0) is 23.8 Å². The molecule has 0 bridgehead atoms. The summed E-state index contributed by atoms with van der Waals surface area (Å²) in [7, 11) is 0. The van der Waals surface area contributed by atoms with Crippen LogP contribution in [0.5, 0.6) is 5.75 Å². The molecular weight excluding hydrogens is 466 g/mol. The van der Waals surface area contributed by atoms with Crippen LogP contribution in [-0.4, -0.2) is 60.2 Å². The van der Waals surface area contributed by atoms with Gasteiger partial charge in [0.25, 0.3) is 0 Å². The Morgan fingerprint density at radius 2 is 1.83 bits per heavy atom. The number of hydrogen-bond acceptors (Lipinski definition) is 10. The highest BCUT2D eigenvalue weighted by molar-refractivity contribution is 6.36. The Hall–Kier alpha value is -2.29. The Morgan fingerprint density at radius 3 is 2.47 bits per heavy atom. The highest BCUT2D eigenvalue weighted by atomic mass is 35.5. The van der Waals surface area contributed by atoms with Gasteiger partial charge in [0.15, 0.2) is 0 Å². The number of carbonyl (C=O) groups is 2. The number of esters is 1. The average Bonchev–Trinajstić information content (AvgIpc) is 2.63. The second-order valence-electron chi connectivity index (χ2n) is 5.32. The molecule has 1 heterocycles. The highest BCUT2D eigenvalue weighted by Gasteiger charge is 2.49. The minimum absolute atomic E-state index is 0.0158. The van der Waals surface area contributed by atoms with Crippen molar-refractivity contribution in [2.45, 2.75) is 12.3 Å². The minimum atomic E-state index is -4.99. The molecule has 0 aromatic heterocycles. The molecule has 0 radical (unpaired) electrons. The first-order valence-corrected chi connectivity index (χ1v) is 8.46. The third-order valence-electron chi connectivity index (χ3n) is 3.28. The van der Waals surface area contributed by atoms with Crippen LogP contribution in [0.1, 0.15) is 5.56 Å². The number of halogens is 5. The second kappa shape index (κ2) is 10.1. The van der Waals surface area contributed by atoms with Gasteiger partial charge in [0.05, 0.1) is 16.0 Å². The molecule has 0 aliphatic carbocycles. The fourth-order valence-corrected chi connectivity index (χ4v) is 2.70. The maximum Gasteiger partial charge on any atom is 0.511 e. The lowest BCUT2D eigenvalue weighted by atomic mass is 10.0. The summed E-state index contributed by atoms with van der Waals surface area (Å²) in [6.45, 7) is -2.00. The predicted molar refractivity (Wildman–Crippen MR) is 89.7 cm³/mol. The van der Waals surface area contributed by atoms with E-state index < -0.39 is 55.4 Å². The number of fused-ring (bicyclic) bond motifs is 1. The largest absolute Gasteiger partial charge is 0.511 e. The molecule has 0 fully saturated rings. The fourth-order valence-electron chi connectivity index (χ4n) is 2.15. The summed E-state index contributed by atoms with van der Waals surface area (Å²) in [4.78, 5) is 27.4. The Labute approximate surface area is 175 Å². The second-order valence-corrected chi connectivity index (χ2v) is 6.17. The van der Waals surface area contributed by atoms with E-state index in [4.69, 9.17) is 38.4 Å². The summed E-state index contributed by atoms with van der Waals surface area (Å²) in [5.74, 6) is -1.79. The van der Waals surface area contributed by atoms with Gasteiger partial charge in [-0.2, -0.15) is 13.2 Å². The van der Waals surface area contributed by atoms with Gasteiger partial charge in [-0.05, 0) is 18.2 Å². The molecule has 0 spiro atoms. The first-order valence-electron chi connectivity index (χ1n) is 7.70. The van der Waals surface area contributed by atoms with E-state index in [0.717, 1.165) is 6.08 Å². The summed E-state index contributed by atoms with van der Waals surface area (Å²) in [5.41, 5.74) is -0.910. The number of carbonyl (C=O) groups excluding carboxylic acids is 2. The molecule has 0 saturated carbocycles. The molecule has 15 heteroatoms. The van der Waals surface area contributed by atoms with Gasteiger partial charge in [0, 0.05) is 10.6 Å². The molecule has 1 aromatic carbocycles. The van der Waals surface area contributed by atoms with E-state index in [1.54, 1.807) is 0 Å². The maximum absolute atomic E-state index is 13.3. The number of ether oxygens (including phenoxy) is 4. The van der Waals surface area contributed by atoms with Crippen molar-refractivity contribution in [2.24, 2.45) is 0 Å². The van der Waals surface area contributed by atoms with E-state index in [9.17, 15) is 22.8 Å². The maximum atomic E-state index is 13.3. The molecule has 0 saturated heterocycles. The van der Waals surface area contributed by atoms with E-state index >= 15 is 0 Å². The van der Waals surface area contributed by atoms with Gasteiger partial charge in [-0.15, -0.1) is 0 Å². The lowest BCUT2D eigenvalue weighted by Crippen LogP contribution is -2.41. The van der Waals surface area contributed by atoms with Gasteiger partial charge in [0.2, 0.25) is 12.9 Å². The van der Waals surface area contributed by atoms with Crippen molar-refractivity contribution in [2.75, 3.05) is 20.0 Å². The van der Waals surface area contributed by atoms with Crippen LogP contribution in [0.2, 0.25) is 10.0 Å². The van der Waals surface area contributed by atoms with Crippen molar-refractivity contribution in [3.05, 3.63) is 33.3 Å². The standard InChI is InChI=1S/C15H12Cl2F3NO9/c16-8-3-7-4-9(12(15(18,19)20)30-11(7)10(17)5-8)13(22)27-6-28-14(23)26-1-2-29-21(24)25/h3-5,12,24-25H,1-2,6H2/t12-/m0/s1. The first-order chi connectivity index (χ1) is 14.0. The summed E-state index contributed by atoms with van der Waals surface area (Å²) in [5, 5.41) is 15.8. The van der Waals surface area contributed by atoms with Crippen molar-refractivity contribution in [3.63, 3.8) is 0 Å². The quantitative estimate of drug-likeness (QED) is 0.261. The van der Waals surface area contributed by atoms with E-state index in [2.05, 4.69) is 19.0 Å². The van der Waals surface area contributed by atoms with Crippen molar-refractivity contribution < 1.29 is 57.0 Å². The summed E-state index contributed by atoms with van der Waals surface area (Å²) < 4.78 is 58.1. The zero-order chi connectivity index (χ0) is 22.5. The monoisotopic (exact) mass is 477 g/mol. The fraction of sp³-hybridized carbons (Fsp3) is 0.333. The number of nitrogens with zero attached hydrogens (tertiary/aromatic N) is 1. The molecule has 1 atom stereocenters. The van der Waals surface area contributed by atoms with E-state index in [1.807, 2.05) is 0 Å². The van der Waals surface area contributed by atoms with Gasteiger partial charge < -0.3 is 18.9 Å². The Morgan fingerprint density at radius 1 is 1.13 bits per heavy atom. The third kappa shape index (κ3) is 6.62. The number of benzene rings is 1. The molecule has 0 unspecified atom stereocenters. The van der Waals surface area contributed by atoms with Crippen molar-refractivity contribution in [1.82, 2.24) is 5.39 Å². The SMILES string of the molecule is O=C(OCCON(O)O)OCOC(=O)C1=Cc2cc(Cl)cc(Cl)c2O[C@@H]1C(F)(F)F. The average molecular weight is 478 g/mol. The summed E-state index contributed by atoms with van der Waals surface area (Å²) in [6.07, 6.45) is -8.18. The molecule has 1 aliphatic rings. The van der Waals surface area contributed by atoms with Crippen molar-refractivity contribution >= 4 is 41.4 Å². The summed E-state index contributed by atoms with van der Waals surface area (Å²) in [6, 6.07) is 2.41. The Balaban J connectivity index is 2.01. The van der Waals surface area contributed by atoms with Crippen LogP contribution in [0.3, 0.4) is 0 Å². The smallest absolute Gasteiger partial charge is 0.474 e. The predicted octanol–water partition coefficient (Wildman–Crippen LogP) is 3.37. The Bertz CT molecular complexity index is 832. The summed E-state index contributed by atoms with van der Waals surface area (Å²) >= 11 is 11.7. The van der Waals surface area contributed by atoms with Crippen LogP contribution in [0.15, 0.2) is 17.7 Å². The molecule has 166 valence electrons. The highest BCUT2D eigenvalue weighted by Crippen LogP contribution is 2.42. The van der Waals surface area contributed by atoms with Crippen molar-refractivity contribution in [3.8, 4) is 5.75 Å². The van der Waals surface area contributed by atoms with Gasteiger partial charge >= 0.3 is 18.3 Å². The van der Waals surface area contributed by atoms with Gasteiger partial charge in [-0.3, -0.25) is 10.4 Å². The number of hydrogen-bond donors (Lipinski definition) is 2. The van der Waals surface area contributed by atoms with Crippen LogP contribution in [0, 0.1) is 0 Å². The van der Waals surface area contributed by atoms with E-state index in [1.165, 1.54) is 12.1 Å². The molecule has 2 N–H and O–H groups in total. The van der Waals surface area contributed by atoms with Crippen LogP contribution < -0.4 is 4.74 Å². The molecular formula is C15H12Cl2F3NO9. The number of rotatable bonds is 7. The lowest BCUT2D eigenvalue weighted by Gasteiger charge is -2.28.